The number of rotatable bonds is 0. The second kappa shape index (κ2) is 3.44. The molecule has 1 aliphatic heterocycles. The monoisotopic (exact) mass is 232 g/mol. The van der Waals surface area contributed by atoms with E-state index < -0.39 is 11.7 Å². The number of nitrogens with zero attached hydrogens (tertiary/aromatic N) is 1. The molecule has 0 atom stereocenters. The predicted octanol–water partition coefficient (Wildman–Crippen LogP) is 3.37. The third kappa shape index (κ3) is 2.09. The Bertz CT molecular complexity index is 426. The third-order valence-electron chi connectivity index (χ3n) is 1.88. The molecule has 2 nitrogen and oxygen atoms in total. The van der Waals surface area contributed by atoms with E-state index in [9.17, 15) is 13.2 Å². The predicted molar refractivity (Wildman–Crippen MR) is 53.2 cm³/mol. The van der Waals surface area contributed by atoms with Gasteiger partial charge in [0.15, 0.2) is 0 Å². The molecule has 15 heavy (non-hydrogen) atoms. The quantitative estimate of drug-likeness (QED) is 0.693. The first-order valence-electron chi connectivity index (χ1n) is 4.16. The van der Waals surface area contributed by atoms with Gasteiger partial charge in [0.1, 0.15) is 5.84 Å². The highest BCUT2D eigenvalue weighted by Crippen LogP contribution is 2.37. The van der Waals surface area contributed by atoms with Gasteiger partial charge >= 0.3 is 6.18 Å². The normalized spacial score (nSPS) is 15.3. The maximum Gasteiger partial charge on any atom is 0.416 e. The molecular weight excluding hydrogens is 225 g/mol. The third-order valence-corrected chi connectivity index (χ3v) is 2.85. The first-order chi connectivity index (χ1) is 6.97. The number of nitrogens with one attached hydrogen (secondary N) is 1. The molecule has 1 aromatic rings. The van der Waals surface area contributed by atoms with Gasteiger partial charge in [-0.15, -0.1) is 0 Å². The van der Waals surface area contributed by atoms with Gasteiger partial charge in [0.2, 0.25) is 0 Å². The Morgan fingerprint density at radius 2 is 2.07 bits per heavy atom. The molecule has 0 spiro atoms. The lowest BCUT2D eigenvalue weighted by Gasteiger charge is -2.15. The van der Waals surface area contributed by atoms with Crippen LogP contribution in [0.5, 0.6) is 0 Å². The lowest BCUT2D eigenvalue weighted by molar-refractivity contribution is -0.137. The topological polar surface area (TPSA) is 24.4 Å². The van der Waals surface area contributed by atoms with E-state index in [1.54, 1.807) is 6.92 Å². The lowest BCUT2D eigenvalue weighted by atomic mass is 10.2. The van der Waals surface area contributed by atoms with Gasteiger partial charge in [0.05, 0.1) is 16.1 Å². The molecule has 80 valence electrons. The molecular formula is C9H7F3N2S. The maximum atomic E-state index is 12.4. The summed E-state index contributed by atoms with van der Waals surface area (Å²) in [5.74, 6) is 0.604. The second-order valence-electron chi connectivity index (χ2n) is 3.08. The molecule has 1 aliphatic rings. The first kappa shape index (κ1) is 10.4. The van der Waals surface area contributed by atoms with E-state index in [0.29, 0.717) is 16.4 Å². The highest BCUT2D eigenvalue weighted by Gasteiger charge is 2.31. The van der Waals surface area contributed by atoms with Crippen LogP contribution >= 0.6 is 11.9 Å². The van der Waals surface area contributed by atoms with E-state index in [2.05, 4.69) is 9.71 Å². The fourth-order valence-corrected chi connectivity index (χ4v) is 1.85. The van der Waals surface area contributed by atoms with E-state index in [1.165, 1.54) is 18.0 Å². The minimum Gasteiger partial charge on any atom is -0.314 e. The molecule has 2 rings (SSSR count). The molecule has 1 aromatic carbocycles. The minimum atomic E-state index is -4.31. The zero-order valence-electron chi connectivity index (χ0n) is 7.72. The first-order valence-corrected chi connectivity index (χ1v) is 4.98. The number of fused-ring (bicyclic) bond motifs is 1. The molecule has 0 amide bonds. The molecule has 0 saturated carbocycles. The van der Waals surface area contributed by atoms with Crippen molar-refractivity contribution in [2.24, 2.45) is 4.99 Å². The van der Waals surface area contributed by atoms with Crippen molar-refractivity contribution in [1.29, 1.82) is 0 Å². The van der Waals surface area contributed by atoms with Crippen LogP contribution in [0.4, 0.5) is 18.9 Å². The van der Waals surface area contributed by atoms with Crippen molar-refractivity contribution in [2.45, 2.75) is 18.0 Å². The Morgan fingerprint density at radius 3 is 2.73 bits per heavy atom. The summed E-state index contributed by atoms with van der Waals surface area (Å²) in [5, 5.41) is 0. The van der Waals surface area contributed by atoms with Gasteiger partial charge in [-0.1, -0.05) is 0 Å². The van der Waals surface area contributed by atoms with E-state index in [0.717, 1.165) is 12.1 Å². The SMILES string of the molecule is CC1=Nc2cc(C(F)(F)F)ccc2SN1. The number of amidine groups is 1. The van der Waals surface area contributed by atoms with Crippen LogP contribution in [0, 0.1) is 0 Å². The molecule has 1 N–H and O–H groups in total. The lowest BCUT2D eigenvalue weighted by Crippen LogP contribution is -2.14. The van der Waals surface area contributed by atoms with Gasteiger partial charge in [0.25, 0.3) is 0 Å². The molecule has 0 aliphatic carbocycles. The van der Waals surface area contributed by atoms with Gasteiger partial charge in [0, 0.05) is 0 Å². The van der Waals surface area contributed by atoms with E-state index in [1.807, 2.05) is 0 Å². The fourth-order valence-electron chi connectivity index (χ4n) is 1.20. The van der Waals surface area contributed by atoms with Crippen molar-refractivity contribution in [2.75, 3.05) is 0 Å². The summed E-state index contributed by atoms with van der Waals surface area (Å²) in [6.07, 6.45) is -4.31. The Labute approximate surface area is 88.7 Å². The Hall–Kier alpha value is -1.17. The van der Waals surface area contributed by atoms with Crippen LogP contribution in [-0.4, -0.2) is 5.84 Å². The number of aliphatic imine (C=N–C) groups is 1. The van der Waals surface area contributed by atoms with Gasteiger partial charge in [-0.2, -0.15) is 13.2 Å². The Balaban J connectivity index is 2.47. The summed E-state index contributed by atoms with van der Waals surface area (Å²) in [7, 11) is 0. The van der Waals surface area contributed by atoms with Crippen LogP contribution in [0.3, 0.4) is 0 Å². The van der Waals surface area contributed by atoms with Crippen molar-refractivity contribution < 1.29 is 13.2 Å². The van der Waals surface area contributed by atoms with Gasteiger partial charge < -0.3 is 4.72 Å². The summed E-state index contributed by atoms with van der Waals surface area (Å²) < 4.78 is 40.0. The summed E-state index contributed by atoms with van der Waals surface area (Å²) in [4.78, 5) is 4.71. The van der Waals surface area contributed by atoms with Crippen LogP contribution in [0.2, 0.25) is 0 Å². The summed E-state index contributed by atoms with van der Waals surface area (Å²) >= 11 is 1.27. The number of hydrogen-bond donors (Lipinski definition) is 1. The molecule has 1 heterocycles. The Kier molecular flexibility index (Phi) is 2.38. The highest BCUT2D eigenvalue weighted by atomic mass is 32.2. The second-order valence-corrected chi connectivity index (χ2v) is 3.93. The zero-order chi connectivity index (χ0) is 11.1. The van der Waals surface area contributed by atoms with Crippen LogP contribution in [0.15, 0.2) is 28.1 Å². The van der Waals surface area contributed by atoms with E-state index in [-0.39, 0.29) is 0 Å². The van der Waals surface area contributed by atoms with Crippen molar-refractivity contribution in [3.8, 4) is 0 Å². The van der Waals surface area contributed by atoms with Crippen LogP contribution in [0.1, 0.15) is 12.5 Å². The van der Waals surface area contributed by atoms with Crippen LogP contribution in [-0.2, 0) is 6.18 Å². The highest BCUT2D eigenvalue weighted by molar-refractivity contribution is 7.98. The van der Waals surface area contributed by atoms with Crippen LogP contribution < -0.4 is 4.72 Å². The Morgan fingerprint density at radius 1 is 1.33 bits per heavy atom. The van der Waals surface area contributed by atoms with Crippen molar-refractivity contribution in [1.82, 2.24) is 4.72 Å². The zero-order valence-corrected chi connectivity index (χ0v) is 8.54. The molecule has 0 radical (unpaired) electrons. The summed E-state index contributed by atoms with van der Waals surface area (Å²) in [6, 6.07) is 3.54. The maximum absolute atomic E-state index is 12.4. The van der Waals surface area contributed by atoms with Crippen molar-refractivity contribution in [3.63, 3.8) is 0 Å². The fraction of sp³-hybridized carbons (Fsp3) is 0.222. The van der Waals surface area contributed by atoms with Crippen molar-refractivity contribution in [3.05, 3.63) is 23.8 Å². The standard InChI is InChI=1S/C9H7F3N2S/c1-5-13-7-4-6(9(10,11)12)2-3-8(7)15-14-5/h2-4H,1H3,(H,13,14). The average molecular weight is 232 g/mol. The molecule has 0 saturated heterocycles. The molecule has 0 fully saturated rings. The number of alkyl halides is 3. The van der Waals surface area contributed by atoms with Gasteiger partial charge in [-0.05, 0) is 37.1 Å². The molecule has 0 bridgehead atoms. The van der Waals surface area contributed by atoms with Gasteiger partial charge in [-0.3, -0.25) is 0 Å². The molecule has 0 aromatic heterocycles. The molecule has 0 unspecified atom stereocenters. The van der Waals surface area contributed by atoms with Crippen LogP contribution in [0.25, 0.3) is 0 Å². The van der Waals surface area contributed by atoms with Crippen molar-refractivity contribution >= 4 is 23.5 Å². The van der Waals surface area contributed by atoms with E-state index >= 15 is 0 Å². The minimum absolute atomic E-state index is 0.367. The number of benzene rings is 1. The largest absolute Gasteiger partial charge is 0.416 e. The molecule has 6 heteroatoms. The smallest absolute Gasteiger partial charge is 0.314 e. The van der Waals surface area contributed by atoms with E-state index in [4.69, 9.17) is 0 Å². The average Bonchev–Trinajstić information content (AvgIpc) is 2.15. The number of hydrogen-bond acceptors (Lipinski definition) is 3. The summed E-state index contributed by atoms with van der Waals surface area (Å²) in [5.41, 5.74) is -0.300. The number of halogens is 3. The van der Waals surface area contributed by atoms with Gasteiger partial charge in [-0.25, -0.2) is 4.99 Å². The summed E-state index contributed by atoms with van der Waals surface area (Å²) in [6.45, 7) is 1.70.